The van der Waals surface area contributed by atoms with Gasteiger partial charge in [0.05, 0.1) is 16.1 Å². The molecular formula is C21H22ClN3O. The highest BCUT2D eigenvalue weighted by atomic mass is 35.5. The van der Waals surface area contributed by atoms with Gasteiger partial charge >= 0.3 is 0 Å². The summed E-state index contributed by atoms with van der Waals surface area (Å²) in [6.45, 7) is 2.04. The minimum Gasteiger partial charge on any atom is -0.366 e. The van der Waals surface area contributed by atoms with Crippen LogP contribution in [0.1, 0.15) is 28.8 Å². The number of anilines is 1. The van der Waals surface area contributed by atoms with E-state index in [4.69, 9.17) is 17.3 Å². The molecule has 3 aromatic rings. The summed E-state index contributed by atoms with van der Waals surface area (Å²) in [6.07, 6.45) is 3.49. The topological polar surface area (TPSA) is 62.1 Å². The summed E-state index contributed by atoms with van der Waals surface area (Å²) in [5.74, 6) is 1.28. The standard InChI is InChI=1S/C21H22ClN3O/c22-19-17(21(23)26)7-6-16-13-18(24-20(16)19)25-10-8-15(9-11-25)12-14-4-2-1-3-5-14/h1-7,13,15,24H,8-12H2,(H2,23,26). The van der Waals surface area contributed by atoms with Gasteiger partial charge in [-0.3, -0.25) is 4.79 Å². The summed E-state index contributed by atoms with van der Waals surface area (Å²) in [7, 11) is 0. The highest BCUT2D eigenvalue weighted by molar-refractivity contribution is 6.38. The number of aromatic nitrogens is 1. The van der Waals surface area contributed by atoms with Gasteiger partial charge in [-0.2, -0.15) is 0 Å². The lowest BCUT2D eigenvalue weighted by molar-refractivity contribution is 0.100. The van der Waals surface area contributed by atoms with Crippen LogP contribution in [-0.2, 0) is 6.42 Å². The average Bonchev–Trinajstić information content (AvgIpc) is 3.08. The van der Waals surface area contributed by atoms with E-state index >= 15 is 0 Å². The lowest BCUT2D eigenvalue weighted by Crippen LogP contribution is -2.34. The largest absolute Gasteiger partial charge is 0.366 e. The van der Waals surface area contributed by atoms with Crippen molar-refractivity contribution in [3.63, 3.8) is 0 Å². The quantitative estimate of drug-likeness (QED) is 0.718. The number of carbonyl (C=O) groups is 1. The molecule has 1 aromatic heterocycles. The number of carbonyl (C=O) groups excluding carboxylic acids is 1. The van der Waals surface area contributed by atoms with E-state index < -0.39 is 5.91 Å². The Morgan fingerprint density at radius 3 is 2.58 bits per heavy atom. The molecule has 1 amide bonds. The predicted octanol–water partition coefficient (Wildman–Crippen LogP) is 4.38. The van der Waals surface area contributed by atoms with Crippen LogP contribution in [0.2, 0.25) is 5.02 Å². The first-order chi connectivity index (χ1) is 12.6. The molecule has 1 fully saturated rings. The van der Waals surface area contributed by atoms with Crippen molar-refractivity contribution in [1.82, 2.24) is 4.98 Å². The molecule has 4 rings (SSSR count). The van der Waals surface area contributed by atoms with Gasteiger partial charge in [-0.15, -0.1) is 0 Å². The molecule has 134 valence electrons. The molecule has 3 N–H and O–H groups in total. The fourth-order valence-electron chi connectivity index (χ4n) is 3.84. The molecule has 5 heteroatoms. The van der Waals surface area contributed by atoms with E-state index in [0.29, 0.717) is 10.6 Å². The third-order valence-electron chi connectivity index (χ3n) is 5.31. The molecule has 2 aromatic carbocycles. The van der Waals surface area contributed by atoms with Crippen LogP contribution in [0.15, 0.2) is 48.5 Å². The van der Waals surface area contributed by atoms with Gasteiger partial charge in [0.15, 0.2) is 0 Å². The van der Waals surface area contributed by atoms with Crippen molar-refractivity contribution in [1.29, 1.82) is 0 Å². The predicted molar refractivity (Wildman–Crippen MR) is 107 cm³/mol. The Bertz CT molecular complexity index is 927. The zero-order valence-electron chi connectivity index (χ0n) is 14.5. The molecule has 0 aliphatic carbocycles. The number of halogens is 1. The molecule has 0 spiro atoms. The fourth-order valence-corrected chi connectivity index (χ4v) is 4.15. The maximum Gasteiger partial charge on any atom is 0.250 e. The number of aromatic amines is 1. The summed E-state index contributed by atoms with van der Waals surface area (Å²) in [5.41, 5.74) is 7.94. The summed E-state index contributed by atoms with van der Waals surface area (Å²) in [4.78, 5) is 17.2. The van der Waals surface area contributed by atoms with E-state index in [2.05, 4.69) is 46.3 Å². The molecule has 0 unspecified atom stereocenters. The molecule has 1 saturated heterocycles. The number of benzene rings is 2. The van der Waals surface area contributed by atoms with Crippen LogP contribution in [0.25, 0.3) is 10.9 Å². The second-order valence-corrected chi connectivity index (χ2v) is 7.41. The lowest BCUT2D eigenvalue weighted by Gasteiger charge is -2.32. The van der Waals surface area contributed by atoms with Crippen LogP contribution < -0.4 is 10.6 Å². The van der Waals surface area contributed by atoms with Gasteiger partial charge in [-0.05, 0) is 42.9 Å². The monoisotopic (exact) mass is 367 g/mol. The number of H-pyrrole nitrogens is 1. The van der Waals surface area contributed by atoms with Gasteiger partial charge in [0.1, 0.15) is 5.82 Å². The number of amides is 1. The normalized spacial score (nSPS) is 15.5. The van der Waals surface area contributed by atoms with Crippen molar-refractivity contribution < 1.29 is 4.79 Å². The molecular weight excluding hydrogens is 346 g/mol. The summed E-state index contributed by atoms with van der Waals surface area (Å²) >= 11 is 6.35. The van der Waals surface area contributed by atoms with Gasteiger partial charge in [0.25, 0.3) is 0 Å². The maximum atomic E-state index is 11.5. The third-order valence-corrected chi connectivity index (χ3v) is 5.70. The van der Waals surface area contributed by atoms with Crippen LogP contribution in [0, 0.1) is 5.92 Å². The van der Waals surface area contributed by atoms with Crippen molar-refractivity contribution in [2.75, 3.05) is 18.0 Å². The van der Waals surface area contributed by atoms with E-state index in [-0.39, 0.29) is 0 Å². The smallest absolute Gasteiger partial charge is 0.250 e. The third kappa shape index (κ3) is 3.29. The van der Waals surface area contributed by atoms with Crippen LogP contribution >= 0.6 is 11.6 Å². The molecule has 0 saturated carbocycles. The number of piperidine rings is 1. The zero-order chi connectivity index (χ0) is 18.1. The average molecular weight is 368 g/mol. The number of fused-ring (bicyclic) bond motifs is 1. The minimum atomic E-state index is -0.505. The molecule has 0 atom stereocenters. The number of nitrogens with zero attached hydrogens (tertiary/aromatic N) is 1. The first kappa shape index (κ1) is 17.0. The Morgan fingerprint density at radius 1 is 1.15 bits per heavy atom. The highest BCUT2D eigenvalue weighted by Crippen LogP contribution is 2.32. The van der Waals surface area contributed by atoms with Gasteiger partial charge in [-0.1, -0.05) is 48.0 Å². The summed E-state index contributed by atoms with van der Waals surface area (Å²) in [6, 6.07) is 16.4. The van der Waals surface area contributed by atoms with Crippen LogP contribution in [0.5, 0.6) is 0 Å². The van der Waals surface area contributed by atoms with Gasteiger partial charge < -0.3 is 15.6 Å². The second kappa shape index (κ2) is 7.04. The molecule has 4 nitrogen and oxygen atoms in total. The summed E-state index contributed by atoms with van der Waals surface area (Å²) in [5, 5.41) is 1.40. The van der Waals surface area contributed by atoms with Crippen LogP contribution in [0.4, 0.5) is 5.82 Å². The van der Waals surface area contributed by atoms with Crippen molar-refractivity contribution in [3.05, 3.63) is 64.7 Å². The van der Waals surface area contributed by atoms with E-state index in [9.17, 15) is 4.79 Å². The summed E-state index contributed by atoms with van der Waals surface area (Å²) < 4.78 is 0. The first-order valence-electron chi connectivity index (χ1n) is 9.01. The van der Waals surface area contributed by atoms with Gasteiger partial charge in [-0.25, -0.2) is 0 Å². The highest BCUT2D eigenvalue weighted by Gasteiger charge is 2.21. The van der Waals surface area contributed by atoms with Gasteiger partial charge in [0, 0.05) is 18.5 Å². The van der Waals surface area contributed by atoms with Crippen LogP contribution in [0.3, 0.4) is 0 Å². The zero-order valence-corrected chi connectivity index (χ0v) is 15.3. The Balaban J connectivity index is 1.47. The first-order valence-corrected chi connectivity index (χ1v) is 9.39. The molecule has 0 bridgehead atoms. The van der Waals surface area contributed by atoms with Crippen LogP contribution in [-0.4, -0.2) is 24.0 Å². The van der Waals surface area contributed by atoms with E-state index in [1.165, 1.54) is 18.4 Å². The molecule has 1 aliphatic rings. The second-order valence-electron chi connectivity index (χ2n) is 7.03. The molecule has 1 aliphatic heterocycles. The lowest BCUT2D eigenvalue weighted by atomic mass is 9.90. The molecule has 0 radical (unpaired) electrons. The van der Waals surface area contributed by atoms with Crippen molar-refractivity contribution in [2.24, 2.45) is 11.7 Å². The Morgan fingerprint density at radius 2 is 1.88 bits per heavy atom. The number of hydrogen-bond acceptors (Lipinski definition) is 2. The Hall–Kier alpha value is -2.46. The number of nitrogens with one attached hydrogen (secondary N) is 1. The van der Waals surface area contributed by atoms with Crippen molar-refractivity contribution in [3.8, 4) is 0 Å². The minimum absolute atomic E-state index is 0.356. The van der Waals surface area contributed by atoms with Crippen molar-refractivity contribution >= 4 is 34.2 Å². The molecule has 2 heterocycles. The van der Waals surface area contributed by atoms with E-state index in [1.807, 2.05) is 6.07 Å². The SMILES string of the molecule is NC(=O)c1ccc2cc(N3CCC(Cc4ccccc4)CC3)[nH]c2c1Cl. The fraction of sp³-hybridized carbons (Fsp3) is 0.286. The van der Waals surface area contributed by atoms with E-state index in [1.54, 1.807) is 6.07 Å². The Kier molecular flexibility index (Phi) is 4.60. The number of primary amides is 1. The maximum absolute atomic E-state index is 11.5. The Labute approximate surface area is 157 Å². The van der Waals surface area contributed by atoms with E-state index in [0.717, 1.165) is 42.1 Å². The van der Waals surface area contributed by atoms with Gasteiger partial charge in [0.2, 0.25) is 5.91 Å². The molecule has 26 heavy (non-hydrogen) atoms. The number of rotatable bonds is 4. The number of nitrogens with two attached hydrogens (primary N) is 1. The van der Waals surface area contributed by atoms with Crippen molar-refractivity contribution in [2.45, 2.75) is 19.3 Å². The number of hydrogen-bond donors (Lipinski definition) is 2.